The molecule has 0 bridgehead atoms. The number of nitrogens with zero attached hydrogens (tertiary/aromatic N) is 1. The Bertz CT molecular complexity index is 923. The number of aliphatic hydroxyl groups excluding tert-OH is 1. The van der Waals surface area contributed by atoms with Gasteiger partial charge in [-0.1, -0.05) is 48.5 Å². The highest BCUT2D eigenvalue weighted by atomic mass is 32.1. The molecule has 0 spiro atoms. The highest BCUT2D eigenvalue weighted by molar-refractivity contribution is 7.19. The second kappa shape index (κ2) is 10.6. The van der Waals surface area contributed by atoms with Crippen LogP contribution in [0.25, 0.3) is 10.1 Å². The quantitative estimate of drug-likeness (QED) is 0.339. The van der Waals surface area contributed by atoms with Gasteiger partial charge in [-0.15, -0.1) is 11.3 Å². The fourth-order valence-corrected chi connectivity index (χ4v) is 3.95. The average Bonchev–Trinajstić information content (AvgIpc) is 3.19. The van der Waals surface area contributed by atoms with Crippen molar-refractivity contribution in [2.45, 2.75) is 12.5 Å². The molecule has 0 fully saturated rings. The maximum Gasteiger partial charge on any atom is 0.239 e. The summed E-state index contributed by atoms with van der Waals surface area (Å²) in [5, 5.41) is 20.5. The highest BCUT2D eigenvalue weighted by Gasteiger charge is 2.12. The first-order valence-corrected chi connectivity index (χ1v) is 10.4. The lowest BCUT2D eigenvalue weighted by Crippen LogP contribution is -2.44. The normalized spacial score (nSPS) is 12.6. The number of aliphatic imine (C=N–C) groups is 1. The fraction of sp³-hybridized carbons (Fsp3) is 0.273. The standard InChI is InChI=1S/C22H26N4O2S/c1-23-22(26-15-21(28)24-12-11-16-7-3-2-4-8-16)25-14-18(27)20-13-17-9-5-6-10-19(17)29-20/h2-10,13,18,27H,11-12,14-15H2,1H3,(H,24,28)(H2,23,25,26). The number of aliphatic hydroxyl groups is 1. The summed E-state index contributed by atoms with van der Waals surface area (Å²) in [5.74, 6) is 0.373. The number of carbonyl (C=O) groups excluding carboxylic acids is 1. The second-order valence-electron chi connectivity index (χ2n) is 6.59. The van der Waals surface area contributed by atoms with Gasteiger partial charge in [0.25, 0.3) is 0 Å². The van der Waals surface area contributed by atoms with Crippen LogP contribution in [-0.4, -0.2) is 43.7 Å². The largest absolute Gasteiger partial charge is 0.386 e. The van der Waals surface area contributed by atoms with Crippen LogP contribution in [0.5, 0.6) is 0 Å². The Morgan fingerprint density at radius 2 is 1.83 bits per heavy atom. The SMILES string of the molecule is CN=C(NCC(=O)NCCc1ccccc1)NCC(O)c1cc2ccccc2s1. The summed E-state index contributed by atoms with van der Waals surface area (Å²) in [7, 11) is 1.63. The summed E-state index contributed by atoms with van der Waals surface area (Å²) >= 11 is 1.58. The molecule has 7 heteroatoms. The van der Waals surface area contributed by atoms with E-state index in [9.17, 15) is 9.90 Å². The van der Waals surface area contributed by atoms with Gasteiger partial charge in [0.2, 0.25) is 5.91 Å². The zero-order chi connectivity index (χ0) is 20.5. The van der Waals surface area contributed by atoms with Crippen LogP contribution >= 0.6 is 11.3 Å². The molecule has 0 saturated carbocycles. The van der Waals surface area contributed by atoms with Crippen molar-refractivity contribution in [3.8, 4) is 0 Å². The van der Waals surface area contributed by atoms with Gasteiger partial charge in [0, 0.05) is 29.7 Å². The lowest BCUT2D eigenvalue weighted by atomic mass is 10.1. The number of fused-ring (bicyclic) bond motifs is 1. The van der Waals surface area contributed by atoms with E-state index in [0.29, 0.717) is 19.0 Å². The Labute approximate surface area is 174 Å². The van der Waals surface area contributed by atoms with E-state index in [2.05, 4.69) is 20.9 Å². The monoisotopic (exact) mass is 410 g/mol. The third-order valence-electron chi connectivity index (χ3n) is 4.45. The van der Waals surface area contributed by atoms with Crippen LogP contribution in [0.1, 0.15) is 16.5 Å². The molecule has 1 amide bonds. The second-order valence-corrected chi connectivity index (χ2v) is 7.71. The van der Waals surface area contributed by atoms with Crippen molar-refractivity contribution < 1.29 is 9.90 Å². The third-order valence-corrected chi connectivity index (χ3v) is 5.67. The van der Waals surface area contributed by atoms with Gasteiger partial charge >= 0.3 is 0 Å². The Hall–Kier alpha value is -2.90. The molecule has 3 rings (SSSR count). The zero-order valence-corrected chi connectivity index (χ0v) is 17.2. The van der Waals surface area contributed by atoms with Gasteiger partial charge < -0.3 is 21.1 Å². The number of rotatable bonds is 8. The average molecular weight is 411 g/mol. The van der Waals surface area contributed by atoms with Crippen LogP contribution < -0.4 is 16.0 Å². The summed E-state index contributed by atoms with van der Waals surface area (Å²) in [6.07, 6.45) is 0.145. The van der Waals surface area contributed by atoms with E-state index < -0.39 is 6.10 Å². The van der Waals surface area contributed by atoms with Gasteiger partial charge in [0.1, 0.15) is 6.10 Å². The molecule has 6 nitrogen and oxygen atoms in total. The molecule has 0 radical (unpaired) electrons. The molecule has 0 saturated heterocycles. The predicted molar refractivity (Wildman–Crippen MR) is 119 cm³/mol. The van der Waals surface area contributed by atoms with Crippen molar-refractivity contribution in [1.29, 1.82) is 0 Å². The Balaban J connectivity index is 1.39. The zero-order valence-electron chi connectivity index (χ0n) is 16.4. The van der Waals surface area contributed by atoms with E-state index in [-0.39, 0.29) is 12.5 Å². The third kappa shape index (κ3) is 6.30. The van der Waals surface area contributed by atoms with E-state index in [1.165, 1.54) is 5.56 Å². The van der Waals surface area contributed by atoms with Gasteiger partial charge in [-0.3, -0.25) is 9.79 Å². The predicted octanol–water partition coefficient (Wildman–Crippen LogP) is 2.46. The first-order valence-electron chi connectivity index (χ1n) is 9.57. The Kier molecular flexibility index (Phi) is 7.61. The van der Waals surface area contributed by atoms with Gasteiger partial charge in [0.15, 0.2) is 5.96 Å². The van der Waals surface area contributed by atoms with E-state index in [4.69, 9.17) is 0 Å². The van der Waals surface area contributed by atoms with Crippen LogP contribution in [0.4, 0.5) is 0 Å². The smallest absolute Gasteiger partial charge is 0.239 e. The van der Waals surface area contributed by atoms with Crippen molar-refractivity contribution in [3.05, 3.63) is 71.1 Å². The Morgan fingerprint density at radius 1 is 1.07 bits per heavy atom. The lowest BCUT2D eigenvalue weighted by molar-refractivity contribution is -0.119. The number of amides is 1. The van der Waals surface area contributed by atoms with Gasteiger partial charge in [0.05, 0.1) is 6.54 Å². The number of carbonyl (C=O) groups is 1. The highest BCUT2D eigenvalue weighted by Crippen LogP contribution is 2.29. The summed E-state index contributed by atoms with van der Waals surface area (Å²) < 4.78 is 1.15. The molecule has 1 unspecified atom stereocenters. The molecule has 29 heavy (non-hydrogen) atoms. The first kappa shape index (κ1) is 20.8. The fourth-order valence-electron chi connectivity index (χ4n) is 2.90. The van der Waals surface area contributed by atoms with E-state index in [0.717, 1.165) is 21.4 Å². The maximum atomic E-state index is 12.0. The number of guanidine groups is 1. The van der Waals surface area contributed by atoms with Crippen molar-refractivity contribution >= 4 is 33.3 Å². The van der Waals surface area contributed by atoms with Crippen molar-refractivity contribution in [1.82, 2.24) is 16.0 Å². The van der Waals surface area contributed by atoms with Crippen LogP contribution in [-0.2, 0) is 11.2 Å². The van der Waals surface area contributed by atoms with E-state index in [1.807, 2.05) is 60.7 Å². The van der Waals surface area contributed by atoms with E-state index in [1.54, 1.807) is 18.4 Å². The van der Waals surface area contributed by atoms with Gasteiger partial charge in [-0.25, -0.2) is 0 Å². The molecule has 0 aliphatic heterocycles. The molecule has 1 atom stereocenters. The molecule has 4 N–H and O–H groups in total. The minimum Gasteiger partial charge on any atom is -0.386 e. The van der Waals surface area contributed by atoms with Crippen LogP contribution in [0.3, 0.4) is 0 Å². The molecule has 1 heterocycles. The number of hydrogen-bond acceptors (Lipinski definition) is 4. The van der Waals surface area contributed by atoms with Gasteiger partial charge in [-0.05, 0) is 29.5 Å². The molecule has 1 aromatic heterocycles. The van der Waals surface area contributed by atoms with Crippen molar-refractivity contribution in [2.24, 2.45) is 4.99 Å². The van der Waals surface area contributed by atoms with E-state index >= 15 is 0 Å². The summed E-state index contributed by atoms with van der Waals surface area (Å²) in [5.41, 5.74) is 1.19. The lowest BCUT2D eigenvalue weighted by Gasteiger charge is -2.14. The van der Waals surface area contributed by atoms with Crippen molar-refractivity contribution in [3.63, 3.8) is 0 Å². The molecule has 0 aliphatic rings. The summed E-state index contributed by atoms with van der Waals surface area (Å²) in [6, 6.07) is 20.1. The molecule has 0 aliphatic carbocycles. The summed E-state index contributed by atoms with van der Waals surface area (Å²) in [6.45, 7) is 1.01. The number of benzene rings is 2. The number of thiophene rings is 1. The molecular weight excluding hydrogens is 384 g/mol. The topological polar surface area (TPSA) is 85.8 Å². The molecule has 2 aromatic carbocycles. The molecule has 3 aromatic rings. The van der Waals surface area contributed by atoms with Crippen LogP contribution in [0, 0.1) is 0 Å². The number of nitrogens with one attached hydrogen (secondary N) is 3. The summed E-state index contributed by atoms with van der Waals surface area (Å²) in [4.78, 5) is 17.0. The Morgan fingerprint density at radius 3 is 2.59 bits per heavy atom. The minimum atomic E-state index is -0.648. The minimum absolute atomic E-state index is 0.103. The first-order chi connectivity index (χ1) is 14.2. The van der Waals surface area contributed by atoms with Crippen molar-refractivity contribution in [2.75, 3.05) is 26.7 Å². The molecular formula is C22H26N4O2S. The van der Waals surface area contributed by atoms with Crippen LogP contribution in [0.15, 0.2) is 65.7 Å². The van der Waals surface area contributed by atoms with Gasteiger partial charge in [-0.2, -0.15) is 0 Å². The number of hydrogen-bond donors (Lipinski definition) is 4. The van der Waals surface area contributed by atoms with Crippen LogP contribution in [0.2, 0.25) is 0 Å². The maximum absolute atomic E-state index is 12.0. The molecule has 152 valence electrons.